The fourth-order valence-electron chi connectivity index (χ4n) is 3.58. The van der Waals surface area contributed by atoms with E-state index in [1.807, 2.05) is 29.1 Å². The van der Waals surface area contributed by atoms with Crippen LogP contribution >= 0.6 is 0 Å². The minimum atomic E-state index is -0.565. The van der Waals surface area contributed by atoms with Crippen LogP contribution in [0.5, 0.6) is 5.75 Å². The predicted octanol–water partition coefficient (Wildman–Crippen LogP) is 2.95. The van der Waals surface area contributed by atoms with Crippen LogP contribution in [0.15, 0.2) is 48.8 Å². The lowest BCUT2D eigenvalue weighted by Crippen LogP contribution is -2.32. The molecule has 0 radical (unpaired) electrons. The van der Waals surface area contributed by atoms with Crippen molar-refractivity contribution >= 4 is 0 Å². The maximum atomic E-state index is 13.2. The van der Waals surface area contributed by atoms with E-state index >= 15 is 0 Å². The average Bonchev–Trinajstić information content (AvgIpc) is 3.12. The largest absolute Gasteiger partial charge is 0.505 e. The summed E-state index contributed by atoms with van der Waals surface area (Å²) in [5.41, 5.74) is 2.91. The summed E-state index contributed by atoms with van der Waals surface area (Å²) in [7, 11) is 0. The van der Waals surface area contributed by atoms with E-state index in [2.05, 4.69) is 20.2 Å². The number of hydrogen-bond acceptors (Lipinski definition) is 5. The first-order chi connectivity index (χ1) is 13.2. The molecule has 6 nitrogen and oxygen atoms in total. The number of aromatic nitrogens is 4. The second-order valence-corrected chi connectivity index (χ2v) is 6.99. The number of piperidine rings is 1. The van der Waals surface area contributed by atoms with E-state index in [0.29, 0.717) is 12.5 Å². The molecule has 1 saturated heterocycles. The Hall–Kier alpha value is -2.80. The van der Waals surface area contributed by atoms with Crippen LogP contribution in [0.3, 0.4) is 0 Å². The number of likely N-dealkylation sites (tertiary alicyclic amines) is 1. The highest BCUT2D eigenvalue weighted by molar-refractivity contribution is 5.31. The summed E-state index contributed by atoms with van der Waals surface area (Å²) in [4.78, 5) is 6.66. The third-order valence-corrected chi connectivity index (χ3v) is 5.05. The van der Waals surface area contributed by atoms with E-state index in [4.69, 9.17) is 0 Å². The van der Waals surface area contributed by atoms with Crippen LogP contribution in [0.4, 0.5) is 4.39 Å². The Morgan fingerprint density at radius 1 is 1.07 bits per heavy atom. The summed E-state index contributed by atoms with van der Waals surface area (Å²) in [6.07, 6.45) is 5.71. The van der Waals surface area contributed by atoms with Crippen molar-refractivity contribution in [3.8, 4) is 5.75 Å². The smallest absolute Gasteiger partial charge is 0.164 e. The summed E-state index contributed by atoms with van der Waals surface area (Å²) in [6, 6.07) is 10.5. The fourth-order valence-corrected chi connectivity index (χ4v) is 3.58. The first kappa shape index (κ1) is 17.6. The van der Waals surface area contributed by atoms with E-state index in [1.54, 1.807) is 18.3 Å². The summed E-state index contributed by atoms with van der Waals surface area (Å²) >= 11 is 0. The minimum Gasteiger partial charge on any atom is -0.505 e. The normalized spacial score (nSPS) is 15.9. The molecule has 0 aliphatic carbocycles. The standard InChI is InChI=1S/C20H22FN5O/c21-19-5-4-16(11-20(19)27)15-6-9-25(10-7-15)12-18-14-26(24-23-18)13-17-3-1-2-8-22-17/h1-5,8,11,14-15,27H,6-7,9-10,12-13H2. The van der Waals surface area contributed by atoms with E-state index in [1.165, 1.54) is 6.07 Å². The number of nitrogens with zero attached hydrogens (tertiary/aromatic N) is 5. The van der Waals surface area contributed by atoms with Gasteiger partial charge in [0.2, 0.25) is 0 Å². The van der Waals surface area contributed by atoms with E-state index in [-0.39, 0.29) is 5.75 Å². The SMILES string of the molecule is Oc1cc(C2CCN(Cc3cn(Cc4ccccn4)nn3)CC2)ccc1F. The zero-order chi connectivity index (χ0) is 18.6. The second kappa shape index (κ2) is 7.84. The second-order valence-electron chi connectivity index (χ2n) is 6.99. The van der Waals surface area contributed by atoms with Gasteiger partial charge in [0.25, 0.3) is 0 Å². The number of phenolic OH excluding ortho intramolecular Hbond substituents is 1. The van der Waals surface area contributed by atoms with Gasteiger partial charge in [-0.1, -0.05) is 17.3 Å². The minimum absolute atomic E-state index is 0.264. The molecular weight excluding hydrogens is 345 g/mol. The number of hydrogen-bond donors (Lipinski definition) is 1. The lowest BCUT2D eigenvalue weighted by Gasteiger charge is -2.31. The quantitative estimate of drug-likeness (QED) is 0.751. The molecule has 4 rings (SSSR count). The van der Waals surface area contributed by atoms with Crippen molar-refractivity contribution < 1.29 is 9.50 Å². The van der Waals surface area contributed by atoms with Crippen LogP contribution in [0.1, 0.15) is 35.7 Å². The first-order valence-electron chi connectivity index (χ1n) is 9.17. The highest BCUT2D eigenvalue weighted by Gasteiger charge is 2.22. The van der Waals surface area contributed by atoms with Gasteiger partial charge in [0.15, 0.2) is 11.6 Å². The van der Waals surface area contributed by atoms with Crippen molar-refractivity contribution in [2.24, 2.45) is 0 Å². The van der Waals surface area contributed by atoms with Crippen LogP contribution in [-0.4, -0.2) is 43.1 Å². The van der Waals surface area contributed by atoms with Gasteiger partial charge in [0, 0.05) is 12.7 Å². The molecule has 1 N–H and O–H groups in total. The van der Waals surface area contributed by atoms with E-state index in [9.17, 15) is 9.50 Å². The maximum Gasteiger partial charge on any atom is 0.164 e. The molecule has 1 aliphatic heterocycles. The summed E-state index contributed by atoms with van der Waals surface area (Å²) in [6.45, 7) is 3.26. The summed E-state index contributed by atoms with van der Waals surface area (Å²) in [5, 5.41) is 18.0. The number of aromatic hydroxyl groups is 1. The number of phenols is 1. The van der Waals surface area contributed by atoms with Crippen molar-refractivity contribution in [2.75, 3.05) is 13.1 Å². The molecule has 0 spiro atoms. The van der Waals surface area contributed by atoms with Crippen LogP contribution in [0.25, 0.3) is 0 Å². The van der Waals surface area contributed by atoms with Crippen molar-refractivity contribution in [3.63, 3.8) is 0 Å². The Bertz CT molecular complexity index is 890. The van der Waals surface area contributed by atoms with Gasteiger partial charge in [-0.25, -0.2) is 9.07 Å². The van der Waals surface area contributed by atoms with Crippen LogP contribution in [-0.2, 0) is 13.1 Å². The lowest BCUT2D eigenvalue weighted by atomic mass is 9.89. The molecular formula is C20H22FN5O. The molecule has 2 aromatic heterocycles. The maximum absolute atomic E-state index is 13.2. The number of pyridine rings is 1. The number of benzene rings is 1. The predicted molar refractivity (Wildman–Crippen MR) is 98.7 cm³/mol. The van der Waals surface area contributed by atoms with Crippen molar-refractivity contribution in [1.29, 1.82) is 0 Å². The van der Waals surface area contributed by atoms with Gasteiger partial charge in [-0.2, -0.15) is 0 Å². The van der Waals surface area contributed by atoms with Crippen LogP contribution in [0.2, 0.25) is 0 Å². The molecule has 3 aromatic rings. The molecule has 0 amide bonds. The molecule has 0 saturated carbocycles. The van der Waals surface area contributed by atoms with Gasteiger partial charge < -0.3 is 5.11 Å². The highest BCUT2D eigenvalue weighted by Crippen LogP contribution is 2.31. The molecule has 0 unspecified atom stereocenters. The third-order valence-electron chi connectivity index (χ3n) is 5.05. The first-order valence-corrected chi connectivity index (χ1v) is 9.17. The molecule has 0 bridgehead atoms. The molecule has 0 atom stereocenters. The summed E-state index contributed by atoms with van der Waals surface area (Å²) < 4.78 is 15.0. The zero-order valence-electron chi connectivity index (χ0n) is 15.0. The number of halogens is 1. The van der Waals surface area contributed by atoms with E-state index in [0.717, 1.165) is 49.4 Å². The highest BCUT2D eigenvalue weighted by atomic mass is 19.1. The van der Waals surface area contributed by atoms with Crippen molar-refractivity contribution in [3.05, 3.63) is 71.6 Å². The van der Waals surface area contributed by atoms with Gasteiger partial charge >= 0.3 is 0 Å². The monoisotopic (exact) mass is 367 g/mol. The van der Waals surface area contributed by atoms with Crippen LogP contribution < -0.4 is 0 Å². The zero-order valence-corrected chi connectivity index (χ0v) is 15.0. The van der Waals surface area contributed by atoms with Crippen LogP contribution in [0, 0.1) is 5.82 Å². The van der Waals surface area contributed by atoms with Gasteiger partial charge in [-0.05, 0) is 61.7 Å². The topological polar surface area (TPSA) is 67.1 Å². The molecule has 27 heavy (non-hydrogen) atoms. The average molecular weight is 367 g/mol. The lowest BCUT2D eigenvalue weighted by molar-refractivity contribution is 0.202. The molecule has 1 aliphatic rings. The molecule has 1 aromatic carbocycles. The van der Waals surface area contributed by atoms with Crippen molar-refractivity contribution in [2.45, 2.75) is 31.8 Å². The van der Waals surface area contributed by atoms with Gasteiger partial charge in [0.1, 0.15) is 0 Å². The number of rotatable bonds is 5. The third kappa shape index (κ3) is 4.31. The Kier molecular flexibility index (Phi) is 5.11. The Morgan fingerprint density at radius 2 is 1.93 bits per heavy atom. The molecule has 140 valence electrons. The van der Waals surface area contributed by atoms with Gasteiger partial charge in [-0.15, -0.1) is 5.10 Å². The fraction of sp³-hybridized carbons (Fsp3) is 0.350. The van der Waals surface area contributed by atoms with Crippen molar-refractivity contribution in [1.82, 2.24) is 24.9 Å². The van der Waals surface area contributed by atoms with Gasteiger partial charge in [0.05, 0.1) is 24.1 Å². The van der Waals surface area contributed by atoms with E-state index < -0.39 is 5.82 Å². The molecule has 3 heterocycles. The Labute approximate surface area is 157 Å². The van der Waals surface area contributed by atoms with Gasteiger partial charge in [-0.3, -0.25) is 9.88 Å². The Morgan fingerprint density at radius 3 is 2.67 bits per heavy atom. The molecule has 7 heteroatoms. The molecule has 1 fully saturated rings. The summed E-state index contributed by atoms with van der Waals surface area (Å²) in [5.74, 6) is -0.475. The Balaban J connectivity index is 1.31.